The summed E-state index contributed by atoms with van der Waals surface area (Å²) >= 11 is 2.81. The first-order valence-corrected chi connectivity index (χ1v) is 9.01. The molecule has 0 radical (unpaired) electrons. The van der Waals surface area contributed by atoms with Gasteiger partial charge in [0, 0.05) is 0 Å². The first-order valence-electron chi connectivity index (χ1n) is 7.25. The molecule has 1 N–H and O–H groups in total. The number of anilines is 1. The van der Waals surface area contributed by atoms with Gasteiger partial charge in [-0.05, 0) is 60.6 Å². The minimum absolute atomic E-state index is 0.165. The molecule has 6 heteroatoms. The molecule has 1 aliphatic carbocycles. The summed E-state index contributed by atoms with van der Waals surface area (Å²) in [6, 6.07) is 1.91. The second-order valence-electron chi connectivity index (χ2n) is 5.28. The highest BCUT2D eigenvalue weighted by molar-refractivity contribution is 7.15. The molecular weight excluding hydrogens is 318 g/mol. The highest BCUT2D eigenvalue weighted by Crippen LogP contribution is 2.46. The molecule has 2 aromatic rings. The van der Waals surface area contributed by atoms with Crippen LogP contribution in [0.3, 0.4) is 0 Å². The van der Waals surface area contributed by atoms with E-state index < -0.39 is 0 Å². The van der Waals surface area contributed by atoms with Gasteiger partial charge < -0.3 is 10.1 Å². The van der Waals surface area contributed by atoms with Crippen LogP contribution in [0.2, 0.25) is 0 Å². The third-order valence-corrected chi connectivity index (χ3v) is 5.54. The van der Waals surface area contributed by atoms with Crippen molar-refractivity contribution in [3.63, 3.8) is 0 Å². The van der Waals surface area contributed by atoms with Gasteiger partial charge in [0.2, 0.25) is 0 Å². The summed E-state index contributed by atoms with van der Waals surface area (Å²) in [5, 5.41) is 7.34. The lowest BCUT2D eigenvalue weighted by Crippen LogP contribution is -2.14. The van der Waals surface area contributed by atoms with E-state index in [1.807, 2.05) is 23.8 Å². The first-order chi connectivity index (χ1) is 10.6. The Morgan fingerprint density at radius 1 is 1.36 bits per heavy atom. The topological polar surface area (TPSA) is 55.4 Å². The molecule has 4 nitrogen and oxygen atoms in total. The van der Waals surface area contributed by atoms with E-state index in [2.05, 4.69) is 5.32 Å². The highest BCUT2D eigenvalue weighted by atomic mass is 32.1. The van der Waals surface area contributed by atoms with Gasteiger partial charge in [0.05, 0.1) is 17.0 Å². The average Bonchev–Trinajstić information content (AvgIpc) is 3.10. The molecule has 0 unspecified atom stereocenters. The van der Waals surface area contributed by atoms with Gasteiger partial charge in [0.15, 0.2) is 0 Å². The van der Waals surface area contributed by atoms with Crippen LogP contribution in [0.25, 0.3) is 0 Å². The van der Waals surface area contributed by atoms with E-state index in [1.54, 1.807) is 6.92 Å². The lowest BCUT2D eigenvalue weighted by atomic mass is 10.1. The molecular formula is C16H17NO3S2. The normalized spacial score (nSPS) is 13.9. The molecule has 0 spiro atoms. The molecule has 2 aromatic heterocycles. The highest BCUT2D eigenvalue weighted by Gasteiger charge is 2.32. The van der Waals surface area contributed by atoms with Crippen LogP contribution in [0.4, 0.5) is 5.00 Å². The number of hydrogen-bond donors (Lipinski definition) is 1. The SMILES string of the molecule is CCOC(=O)c1c(C2CC2)csc1NC(=O)c1sccc1C. The summed E-state index contributed by atoms with van der Waals surface area (Å²) in [6.45, 7) is 4.02. The Hall–Kier alpha value is -1.66. The van der Waals surface area contributed by atoms with Gasteiger partial charge in [0.1, 0.15) is 5.00 Å². The van der Waals surface area contributed by atoms with Crippen LogP contribution in [0.15, 0.2) is 16.8 Å². The van der Waals surface area contributed by atoms with Gasteiger partial charge in [-0.25, -0.2) is 4.79 Å². The van der Waals surface area contributed by atoms with Crippen molar-refractivity contribution < 1.29 is 14.3 Å². The number of aryl methyl sites for hydroxylation is 1. The van der Waals surface area contributed by atoms with Gasteiger partial charge >= 0.3 is 5.97 Å². The van der Waals surface area contributed by atoms with Crippen LogP contribution >= 0.6 is 22.7 Å². The number of carbonyl (C=O) groups is 2. The van der Waals surface area contributed by atoms with E-state index in [4.69, 9.17) is 4.74 Å². The number of ether oxygens (including phenoxy) is 1. The standard InChI is InChI=1S/C16H17NO3S2/c1-3-20-16(19)12-11(10-4-5-10)8-22-15(12)17-14(18)13-9(2)6-7-21-13/h6-8,10H,3-5H2,1-2H3,(H,17,18). The van der Waals surface area contributed by atoms with Crippen molar-refractivity contribution in [3.05, 3.63) is 38.4 Å². The van der Waals surface area contributed by atoms with E-state index in [1.165, 1.54) is 22.7 Å². The van der Waals surface area contributed by atoms with Gasteiger partial charge in [-0.2, -0.15) is 0 Å². The largest absolute Gasteiger partial charge is 0.462 e. The minimum Gasteiger partial charge on any atom is -0.462 e. The Kier molecular flexibility index (Phi) is 4.31. The number of thiophene rings is 2. The van der Waals surface area contributed by atoms with Crippen molar-refractivity contribution >= 4 is 39.6 Å². The quantitative estimate of drug-likeness (QED) is 0.823. The number of hydrogen-bond acceptors (Lipinski definition) is 5. The maximum absolute atomic E-state index is 12.4. The summed E-state index contributed by atoms with van der Waals surface area (Å²) in [6.07, 6.45) is 2.20. The zero-order valence-electron chi connectivity index (χ0n) is 12.5. The lowest BCUT2D eigenvalue weighted by molar-refractivity contribution is 0.0527. The zero-order chi connectivity index (χ0) is 15.7. The Balaban J connectivity index is 1.88. The smallest absolute Gasteiger partial charge is 0.341 e. The van der Waals surface area contributed by atoms with E-state index in [9.17, 15) is 9.59 Å². The minimum atomic E-state index is -0.344. The van der Waals surface area contributed by atoms with Gasteiger partial charge in [-0.15, -0.1) is 22.7 Å². The van der Waals surface area contributed by atoms with Crippen LogP contribution in [-0.4, -0.2) is 18.5 Å². The molecule has 3 rings (SSSR count). The van der Waals surface area contributed by atoms with Crippen LogP contribution < -0.4 is 5.32 Å². The fourth-order valence-corrected chi connectivity index (χ4v) is 4.18. The number of esters is 1. The number of nitrogens with one attached hydrogen (secondary N) is 1. The number of carbonyl (C=O) groups excluding carboxylic acids is 2. The Bertz CT molecular complexity index is 713. The van der Waals surface area contributed by atoms with Crippen molar-refractivity contribution in [2.45, 2.75) is 32.6 Å². The van der Waals surface area contributed by atoms with Gasteiger partial charge in [-0.3, -0.25) is 4.79 Å². The van der Waals surface area contributed by atoms with Crippen molar-refractivity contribution in [1.82, 2.24) is 0 Å². The summed E-state index contributed by atoms with van der Waals surface area (Å²) < 4.78 is 5.16. The second-order valence-corrected chi connectivity index (χ2v) is 7.07. The van der Waals surface area contributed by atoms with Gasteiger partial charge in [0.25, 0.3) is 5.91 Å². The van der Waals surface area contributed by atoms with Crippen molar-refractivity contribution in [1.29, 1.82) is 0 Å². The van der Waals surface area contributed by atoms with Crippen LogP contribution in [0.5, 0.6) is 0 Å². The summed E-state index contributed by atoms with van der Waals surface area (Å²) in [7, 11) is 0. The molecule has 0 saturated heterocycles. The molecule has 1 saturated carbocycles. The predicted molar refractivity (Wildman–Crippen MR) is 89.3 cm³/mol. The Morgan fingerprint density at radius 2 is 2.14 bits per heavy atom. The molecule has 1 aliphatic rings. The Labute approximate surface area is 137 Å². The average molecular weight is 335 g/mol. The molecule has 0 atom stereocenters. The first kappa shape index (κ1) is 15.2. The van der Waals surface area contributed by atoms with Crippen molar-refractivity contribution in [3.8, 4) is 0 Å². The number of rotatable bonds is 5. The van der Waals surface area contributed by atoms with Crippen LogP contribution in [-0.2, 0) is 4.74 Å². The van der Waals surface area contributed by atoms with E-state index in [0.29, 0.717) is 28.0 Å². The fourth-order valence-electron chi connectivity index (χ4n) is 2.34. The molecule has 116 valence electrons. The van der Waals surface area contributed by atoms with Crippen molar-refractivity contribution in [2.75, 3.05) is 11.9 Å². The third-order valence-electron chi connectivity index (χ3n) is 3.61. The van der Waals surface area contributed by atoms with E-state index in [-0.39, 0.29) is 11.9 Å². The summed E-state index contributed by atoms with van der Waals surface area (Å²) in [5.41, 5.74) is 2.50. The maximum Gasteiger partial charge on any atom is 0.341 e. The zero-order valence-corrected chi connectivity index (χ0v) is 14.1. The third kappa shape index (κ3) is 2.94. The van der Waals surface area contributed by atoms with E-state index >= 15 is 0 Å². The molecule has 0 aromatic carbocycles. The Morgan fingerprint density at radius 3 is 2.73 bits per heavy atom. The monoisotopic (exact) mass is 335 g/mol. The molecule has 1 fully saturated rings. The maximum atomic E-state index is 12.4. The van der Waals surface area contributed by atoms with E-state index in [0.717, 1.165) is 24.0 Å². The number of amides is 1. The van der Waals surface area contributed by atoms with Crippen LogP contribution in [0.1, 0.15) is 56.8 Å². The predicted octanol–water partition coefficient (Wildman–Crippen LogP) is 4.42. The van der Waals surface area contributed by atoms with Crippen LogP contribution in [0, 0.1) is 6.92 Å². The van der Waals surface area contributed by atoms with Gasteiger partial charge in [-0.1, -0.05) is 0 Å². The molecule has 0 aliphatic heterocycles. The molecule has 2 heterocycles. The lowest BCUT2D eigenvalue weighted by Gasteiger charge is -2.08. The fraction of sp³-hybridized carbons (Fsp3) is 0.375. The second kappa shape index (κ2) is 6.22. The summed E-state index contributed by atoms with van der Waals surface area (Å²) in [5.74, 6) is -0.0733. The van der Waals surface area contributed by atoms with Crippen molar-refractivity contribution in [2.24, 2.45) is 0 Å². The molecule has 0 bridgehead atoms. The molecule has 22 heavy (non-hydrogen) atoms. The summed E-state index contributed by atoms with van der Waals surface area (Å²) in [4.78, 5) is 25.3. The molecule has 1 amide bonds.